The Balaban J connectivity index is 1.67. The Morgan fingerprint density at radius 1 is 1.18 bits per heavy atom. The molecule has 4 aromatic rings. The van der Waals surface area contributed by atoms with Gasteiger partial charge in [-0.2, -0.15) is 0 Å². The van der Waals surface area contributed by atoms with Crippen LogP contribution in [0.25, 0.3) is 21.3 Å². The van der Waals surface area contributed by atoms with Crippen molar-refractivity contribution in [2.45, 2.75) is 25.5 Å². The number of hydrogen-bond donors (Lipinski definition) is 0. The van der Waals surface area contributed by atoms with E-state index in [2.05, 4.69) is 6.58 Å². The minimum atomic E-state index is -0.109. The monoisotopic (exact) mass is 475 g/mol. The Morgan fingerprint density at radius 3 is 2.58 bits per heavy atom. The molecule has 2 aromatic heterocycles. The van der Waals surface area contributed by atoms with Crippen molar-refractivity contribution in [3.8, 4) is 11.1 Å². The number of anilines is 1. The van der Waals surface area contributed by atoms with Crippen LogP contribution in [0.1, 0.15) is 12.5 Å². The zero-order chi connectivity index (χ0) is 23.4. The normalized spacial score (nSPS) is 11.0. The Kier molecular flexibility index (Phi) is 7.11. The van der Waals surface area contributed by atoms with Crippen LogP contribution in [-0.4, -0.2) is 27.8 Å². The summed E-state index contributed by atoms with van der Waals surface area (Å²) in [6, 6.07) is 17.7. The molecule has 0 atom stereocenters. The quantitative estimate of drug-likeness (QED) is 0.185. The number of fused-ring (bicyclic) bond motifs is 1. The number of carbonyl (C=O) groups is 1. The van der Waals surface area contributed by atoms with E-state index in [1.807, 2.05) is 73.8 Å². The van der Waals surface area contributed by atoms with Crippen LogP contribution >= 0.6 is 23.1 Å². The fourth-order valence-electron chi connectivity index (χ4n) is 3.67. The summed E-state index contributed by atoms with van der Waals surface area (Å²) in [6.45, 7) is 8.69. The minimum Gasteiger partial charge on any atom is -0.312 e. The molecule has 0 aliphatic heterocycles. The van der Waals surface area contributed by atoms with Crippen LogP contribution in [0.5, 0.6) is 0 Å². The lowest BCUT2D eigenvalue weighted by atomic mass is 10.1. The number of amides is 1. The second-order valence-corrected chi connectivity index (χ2v) is 9.36. The van der Waals surface area contributed by atoms with Gasteiger partial charge in [-0.1, -0.05) is 65.9 Å². The number of thioether (sulfide) groups is 1. The highest BCUT2D eigenvalue weighted by molar-refractivity contribution is 7.99. The molecule has 2 aromatic carbocycles. The number of carbonyl (C=O) groups excluding carboxylic acids is 1. The van der Waals surface area contributed by atoms with E-state index in [1.165, 1.54) is 28.7 Å². The molecule has 0 aliphatic rings. The highest BCUT2D eigenvalue weighted by atomic mass is 32.2. The number of para-hydroxylation sites is 1. The van der Waals surface area contributed by atoms with Gasteiger partial charge in [0.2, 0.25) is 5.91 Å². The van der Waals surface area contributed by atoms with Gasteiger partial charge in [0.25, 0.3) is 5.56 Å². The number of thiophene rings is 1. The lowest BCUT2D eigenvalue weighted by Crippen LogP contribution is -2.32. The van der Waals surface area contributed by atoms with Crippen molar-refractivity contribution in [3.05, 3.63) is 88.5 Å². The molecule has 0 saturated carbocycles. The van der Waals surface area contributed by atoms with Crippen LogP contribution in [0.2, 0.25) is 0 Å². The molecule has 7 heteroatoms. The van der Waals surface area contributed by atoms with Gasteiger partial charge in [0.1, 0.15) is 4.83 Å². The summed E-state index contributed by atoms with van der Waals surface area (Å²) in [4.78, 5) is 33.6. The van der Waals surface area contributed by atoms with Gasteiger partial charge in [0, 0.05) is 29.7 Å². The maximum Gasteiger partial charge on any atom is 0.263 e. The van der Waals surface area contributed by atoms with E-state index in [0.29, 0.717) is 28.5 Å². The Labute approximate surface area is 201 Å². The van der Waals surface area contributed by atoms with Crippen LogP contribution in [0.15, 0.2) is 82.6 Å². The van der Waals surface area contributed by atoms with E-state index >= 15 is 0 Å². The third kappa shape index (κ3) is 4.79. The number of nitrogens with zero attached hydrogens (tertiary/aromatic N) is 3. The molecule has 168 valence electrons. The third-order valence-electron chi connectivity index (χ3n) is 5.34. The summed E-state index contributed by atoms with van der Waals surface area (Å²) < 4.78 is 1.61. The van der Waals surface area contributed by atoms with Gasteiger partial charge >= 0.3 is 0 Å². The molecule has 0 unspecified atom stereocenters. The SMILES string of the molecule is C=CCn1c(SCC(=O)N(CC)c2ccccc2)nc2scc(-c3ccc(C)cc3)c2c1=O. The molecule has 0 saturated heterocycles. The van der Waals surface area contributed by atoms with Gasteiger partial charge in [-0.25, -0.2) is 4.98 Å². The Morgan fingerprint density at radius 2 is 1.91 bits per heavy atom. The van der Waals surface area contributed by atoms with Crippen molar-refractivity contribution in [2.75, 3.05) is 17.2 Å². The van der Waals surface area contributed by atoms with Gasteiger partial charge in [0.05, 0.1) is 11.1 Å². The van der Waals surface area contributed by atoms with E-state index < -0.39 is 0 Å². The third-order valence-corrected chi connectivity index (χ3v) is 7.18. The van der Waals surface area contributed by atoms with Gasteiger partial charge < -0.3 is 4.90 Å². The summed E-state index contributed by atoms with van der Waals surface area (Å²) >= 11 is 2.74. The molecule has 33 heavy (non-hydrogen) atoms. The Bertz CT molecular complexity index is 1340. The summed E-state index contributed by atoms with van der Waals surface area (Å²) in [5.74, 6) is 0.160. The van der Waals surface area contributed by atoms with Crippen molar-refractivity contribution in [1.82, 2.24) is 9.55 Å². The fraction of sp³-hybridized carbons (Fsp3) is 0.192. The number of hydrogen-bond acceptors (Lipinski definition) is 5. The zero-order valence-electron chi connectivity index (χ0n) is 18.7. The predicted octanol–water partition coefficient (Wildman–Crippen LogP) is 5.76. The van der Waals surface area contributed by atoms with E-state index in [9.17, 15) is 9.59 Å². The highest BCUT2D eigenvalue weighted by Crippen LogP contribution is 2.32. The molecule has 0 bridgehead atoms. The second kappa shape index (κ2) is 10.2. The first-order valence-electron chi connectivity index (χ1n) is 10.7. The molecule has 5 nitrogen and oxygen atoms in total. The van der Waals surface area contributed by atoms with E-state index in [1.54, 1.807) is 15.5 Å². The first-order valence-corrected chi connectivity index (χ1v) is 12.6. The lowest BCUT2D eigenvalue weighted by Gasteiger charge is -2.21. The maximum atomic E-state index is 13.5. The van der Waals surface area contributed by atoms with Crippen LogP contribution in [0.4, 0.5) is 5.69 Å². The van der Waals surface area contributed by atoms with Crippen LogP contribution in [0.3, 0.4) is 0 Å². The standard InChI is InChI=1S/C26H25N3O2S2/c1-4-15-29-25(31)23-21(19-13-11-18(3)12-14-19)16-32-24(23)27-26(29)33-17-22(30)28(5-2)20-9-7-6-8-10-20/h4,6-14,16H,1,5,15,17H2,2-3H3. The van der Waals surface area contributed by atoms with Crippen molar-refractivity contribution in [3.63, 3.8) is 0 Å². The van der Waals surface area contributed by atoms with E-state index in [4.69, 9.17) is 4.98 Å². The van der Waals surface area contributed by atoms with Crippen molar-refractivity contribution in [2.24, 2.45) is 0 Å². The molecule has 0 fully saturated rings. The van der Waals surface area contributed by atoms with Gasteiger partial charge in [0.15, 0.2) is 5.16 Å². The molecular weight excluding hydrogens is 450 g/mol. The average Bonchev–Trinajstić information content (AvgIpc) is 3.25. The van der Waals surface area contributed by atoms with Crippen LogP contribution < -0.4 is 10.5 Å². The molecular formula is C26H25N3O2S2. The zero-order valence-corrected chi connectivity index (χ0v) is 20.3. The molecule has 0 spiro atoms. The average molecular weight is 476 g/mol. The molecule has 0 radical (unpaired) electrons. The lowest BCUT2D eigenvalue weighted by molar-refractivity contribution is -0.116. The van der Waals surface area contributed by atoms with Gasteiger partial charge in [-0.15, -0.1) is 17.9 Å². The highest BCUT2D eigenvalue weighted by Gasteiger charge is 2.19. The van der Waals surface area contributed by atoms with Gasteiger partial charge in [-0.05, 0) is 31.5 Å². The van der Waals surface area contributed by atoms with Crippen molar-refractivity contribution < 1.29 is 4.79 Å². The van der Waals surface area contributed by atoms with Crippen LogP contribution in [-0.2, 0) is 11.3 Å². The predicted molar refractivity (Wildman–Crippen MR) is 139 cm³/mol. The first-order chi connectivity index (χ1) is 16.0. The van der Waals surface area contributed by atoms with Gasteiger partial charge in [-0.3, -0.25) is 14.2 Å². The number of allylic oxidation sites excluding steroid dienone is 1. The van der Waals surface area contributed by atoms with Crippen molar-refractivity contribution >= 4 is 44.9 Å². The number of aromatic nitrogens is 2. The van der Waals surface area contributed by atoms with E-state index in [-0.39, 0.29) is 17.2 Å². The van der Waals surface area contributed by atoms with E-state index in [0.717, 1.165) is 16.8 Å². The maximum absolute atomic E-state index is 13.5. The fourth-order valence-corrected chi connectivity index (χ4v) is 5.54. The minimum absolute atomic E-state index is 0.0280. The summed E-state index contributed by atoms with van der Waals surface area (Å²) in [7, 11) is 0. The molecule has 1 amide bonds. The largest absolute Gasteiger partial charge is 0.312 e. The summed E-state index contributed by atoms with van der Waals surface area (Å²) in [5, 5.41) is 3.12. The Hall–Kier alpha value is -3.16. The topological polar surface area (TPSA) is 55.2 Å². The molecule has 0 aliphatic carbocycles. The second-order valence-electron chi connectivity index (χ2n) is 7.56. The smallest absolute Gasteiger partial charge is 0.263 e. The molecule has 2 heterocycles. The van der Waals surface area contributed by atoms with Crippen molar-refractivity contribution in [1.29, 1.82) is 0 Å². The number of rotatable bonds is 8. The van der Waals surface area contributed by atoms with Crippen LogP contribution in [0, 0.1) is 6.92 Å². The first kappa shape index (κ1) is 23.0. The molecule has 0 N–H and O–H groups in total. The summed E-state index contributed by atoms with van der Waals surface area (Å²) in [6.07, 6.45) is 1.68. The molecule has 4 rings (SSSR count). The summed E-state index contributed by atoms with van der Waals surface area (Å²) in [5.41, 5.74) is 3.80. The number of aryl methyl sites for hydroxylation is 1. The number of benzene rings is 2.